The number of rotatable bonds is 6. The molecule has 6 nitrogen and oxygen atoms in total. The van der Waals surface area contributed by atoms with Crippen LogP contribution in [0.5, 0.6) is 0 Å². The van der Waals surface area contributed by atoms with Crippen LogP contribution in [0.25, 0.3) is 0 Å². The van der Waals surface area contributed by atoms with E-state index in [1.54, 1.807) is 26.8 Å². The van der Waals surface area contributed by atoms with Crippen molar-refractivity contribution in [1.29, 1.82) is 0 Å². The van der Waals surface area contributed by atoms with Crippen molar-refractivity contribution >= 4 is 21.8 Å². The van der Waals surface area contributed by atoms with Crippen molar-refractivity contribution in [3.8, 4) is 0 Å². The molecule has 0 aliphatic rings. The van der Waals surface area contributed by atoms with E-state index in [0.29, 0.717) is 5.56 Å². The highest BCUT2D eigenvalue weighted by molar-refractivity contribution is 7.89. The van der Waals surface area contributed by atoms with Crippen LogP contribution < -0.4 is 4.72 Å². The first-order valence-electron chi connectivity index (χ1n) is 8.81. The van der Waals surface area contributed by atoms with Crippen LogP contribution in [0, 0.1) is 13.8 Å². The van der Waals surface area contributed by atoms with Gasteiger partial charge in [-0.25, -0.2) is 17.9 Å². The van der Waals surface area contributed by atoms with Crippen molar-refractivity contribution in [2.75, 3.05) is 6.61 Å². The molecule has 7 heteroatoms. The third kappa shape index (κ3) is 5.74. The number of benzene rings is 2. The molecule has 0 spiro atoms. The van der Waals surface area contributed by atoms with Crippen LogP contribution in [0.1, 0.15) is 52.6 Å². The maximum atomic E-state index is 12.4. The van der Waals surface area contributed by atoms with Gasteiger partial charge in [0.05, 0.1) is 10.5 Å². The second-order valence-electron chi connectivity index (χ2n) is 7.70. The lowest BCUT2D eigenvalue weighted by Gasteiger charge is -2.20. The van der Waals surface area contributed by atoms with Crippen molar-refractivity contribution in [3.63, 3.8) is 0 Å². The van der Waals surface area contributed by atoms with Crippen molar-refractivity contribution in [2.45, 2.75) is 45.1 Å². The molecule has 0 aliphatic carbocycles. The molecule has 2 aromatic carbocycles. The highest BCUT2D eigenvalue weighted by Gasteiger charge is 2.23. The molecule has 0 saturated carbocycles. The number of esters is 1. The zero-order chi connectivity index (χ0) is 21.1. The number of sulfonamides is 1. The highest BCUT2D eigenvalue weighted by Crippen LogP contribution is 2.16. The highest BCUT2D eigenvalue weighted by atomic mass is 32.2. The van der Waals surface area contributed by atoms with Crippen LogP contribution >= 0.6 is 0 Å². The zero-order valence-electron chi connectivity index (χ0n) is 16.7. The number of ketones is 1. The average Bonchev–Trinajstić information content (AvgIpc) is 2.57. The van der Waals surface area contributed by atoms with Gasteiger partial charge in [-0.05, 0) is 58.4 Å². The Balaban J connectivity index is 2.12. The van der Waals surface area contributed by atoms with Gasteiger partial charge in [-0.2, -0.15) is 0 Å². The Labute approximate surface area is 166 Å². The Morgan fingerprint density at radius 1 is 1.04 bits per heavy atom. The Bertz CT molecular complexity index is 1000. The van der Waals surface area contributed by atoms with Crippen LogP contribution in [0.4, 0.5) is 0 Å². The van der Waals surface area contributed by atoms with Crippen molar-refractivity contribution in [1.82, 2.24) is 4.72 Å². The number of Topliss-reactive ketones (excluding diaryl/α,β-unsaturated/α-hetero) is 1. The van der Waals surface area contributed by atoms with Gasteiger partial charge in [0.25, 0.3) is 0 Å². The molecule has 0 aromatic heterocycles. The smallest absolute Gasteiger partial charge is 0.338 e. The molecular formula is C21H25NO5S. The SMILES string of the molecule is Cc1ccc(C(=O)COC(=O)c2cccc(S(=O)(=O)NC(C)(C)C)c2)c(C)c1. The first-order valence-corrected chi connectivity index (χ1v) is 10.3. The monoisotopic (exact) mass is 403 g/mol. The van der Waals surface area contributed by atoms with Crippen LogP contribution in [-0.2, 0) is 14.8 Å². The van der Waals surface area contributed by atoms with Gasteiger partial charge in [-0.3, -0.25) is 4.79 Å². The van der Waals surface area contributed by atoms with Crippen LogP contribution in [-0.4, -0.2) is 32.3 Å². The Kier molecular flexibility index (Phi) is 6.41. The fourth-order valence-corrected chi connectivity index (χ4v) is 4.13. The van der Waals surface area contributed by atoms with Gasteiger partial charge in [0.15, 0.2) is 6.61 Å². The van der Waals surface area contributed by atoms with Gasteiger partial charge in [0, 0.05) is 11.1 Å². The number of carbonyl (C=O) groups is 2. The van der Waals surface area contributed by atoms with Crippen LogP contribution in [0.3, 0.4) is 0 Å². The summed E-state index contributed by atoms with van der Waals surface area (Å²) in [6.45, 7) is 8.50. The summed E-state index contributed by atoms with van der Waals surface area (Å²) in [5.41, 5.74) is 1.73. The summed E-state index contributed by atoms with van der Waals surface area (Å²) in [6.07, 6.45) is 0. The molecule has 0 aliphatic heterocycles. The summed E-state index contributed by atoms with van der Waals surface area (Å²) < 4.78 is 32.5. The standard InChI is InChI=1S/C21H25NO5S/c1-14-9-10-18(15(2)11-14)19(23)13-27-20(24)16-7-6-8-17(12-16)28(25,26)22-21(3,4)5/h6-12,22H,13H2,1-5H3. The van der Waals surface area contributed by atoms with E-state index in [1.165, 1.54) is 24.3 Å². The third-order valence-electron chi connectivity index (χ3n) is 3.84. The minimum absolute atomic E-state index is 0.0439. The van der Waals surface area contributed by atoms with Gasteiger partial charge in [-0.15, -0.1) is 0 Å². The molecule has 0 saturated heterocycles. The molecule has 1 N–H and O–H groups in total. The quantitative estimate of drug-likeness (QED) is 0.590. The van der Waals surface area contributed by atoms with E-state index in [2.05, 4.69) is 4.72 Å². The average molecular weight is 404 g/mol. The second-order valence-corrected chi connectivity index (χ2v) is 9.38. The summed E-state index contributed by atoms with van der Waals surface area (Å²) in [5, 5.41) is 0. The minimum Gasteiger partial charge on any atom is -0.454 e. The lowest BCUT2D eigenvalue weighted by molar-refractivity contribution is 0.0474. The minimum atomic E-state index is -3.78. The van der Waals surface area contributed by atoms with Crippen molar-refractivity contribution in [2.24, 2.45) is 0 Å². The maximum absolute atomic E-state index is 12.4. The number of hydrogen-bond acceptors (Lipinski definition) is 5. The summed E-state index contributed by atoms with van der Waals surface area (Å²) >= 11 is 0. The molecule has 28 heavy (non-hydrogen) atoms. The number of hydrogen-bond donors (Lipinski definition) is 1. The van der Waals surface area contributed by atoms with Crippen LogP contribution in [0.2, 0.25) is 0 Å². The molecule has 0 fully saturated rings. The Morgan fingerprint density at radius 3 is 2.32 bits per heavy atom. The number of carbonyl (C=O) groups excluding carboxylic acids is 2. The molecule has 2 aromatic rings. The predicted molar refractivity (Wildman–Crippen MR) is 107 cm³/mol. The van der Waals surface area contributed by atoms with E-state index in [4.69, 9.17) is 4.74 Å². The molecule has 0 heterocycles. The number of aryl methyl sites for hydroxylation is 2. The van der Waals surface area contributed by atoms with Crippen molar-refractivity contribution in [3.05, 3.63) is 64.7 Å². The lowest BCUT2D eigenvalue weighted by Crippen LogP contribution is -2.40. The van der Waals surface area contributed by atoms with E-state index in [1.807, 2.05) is 26.0 Å². The molecule has 150 valence electrons. The van der Waals surface area contributed by atoms with Gasteiger partial charge in [0.1, 0.15) is 0 Å². The lowest BCUT2D eigenvalue weighted by atomic mass is 10.0. The number of ether oxygens (including phenoxy) is 1. The summed E-state index contributed by atoms with van der Waals surface area (Å²) in [7, 11) is -3.78. The van der Waals surface area contributed by atoms with Crippen molar-refractivity contribution < 1.29 is 22.7 Å². The summed E-state index contributed by atoms with van der Waals surface area (Å²) in [4.78, 5) is 24.6. The number of nitrogens with one attached hydrogen (secondary N) is 1. The zero-order valence-corrected chi connectivity index (χ0v) is 17.5. The van der Waals surface area contributed by atoms with Gasteiger partial charge >= 0.3 is 5.97 Å². The van der Waals surface area contributed by atoms with Gasteiger partial charge in [-0.1, -0.05) is 29.8 Å². The maximum Gasteiger partial charge on any atom is 0.338 e. The third-order valence-corrected chi connectivity index (χ3v) is 5.59. The molecular weight excluding hydrogens is 378 g/mol. The Hall–Kier alpha value is -2.51. The van der Waals surface area contributed by atoms with Gasteiger partial charge in [0.2, 0.25) is 15.8 Å². The largest absolute Gasteiger partial charge is 0.454 e. The fourth-order valence-electron chi connectivity index (χ4n) is 2.67. The summed E-state index contributed by atoms with van der Waals surface area (Å²) in [5.74, 6) is -1.07. The summed E-state index contributed by atoms with van der Waals surface area (Å²) in [6, 6.07) is 10.9. The Morgan fingerprint density at radius 2 is 1.71 bits per heavy atom. The molecule has 0 unspecified atom stereocenters. The molecule has 2 rings (SSSR count). The van der Waals surface area contributed by atoms with E-state index in [-0.39, 0.29) is 16.2 Å². The van der Waals surface area contributed by atoms with Crippen LogP contribution in [0.15, 0.2) is 47.4 Å². The molecule has 0 radical (unpaired) electrons. The normalized spacial score (nSPS) is 11.9. The van der Waals surface area contributed by atoms with E-state index >= 15 is 0 Å². The van der Waals surface area contributed by atoms with E-state index in [9.17, 15) is 18.0 Å². The first kappa shape index (κ1) is 21.8. The first-order chi connectivity index (χ1) is 12.9. The molecule has 0 bridgehead atoms. The predicted octanol–water partition coefficient (Wildman–Crippen LogP) is 3.42. The molecule has 0 amide bonds. The fraction of sp³-hybridized carbons (Fsp3) is 0.333. The van der Waals surface area contributed by atoms with E-state index in [0.717, 1.165) is 11.1 Å². The van der Waals surface area contributed by atoms with E-state index < -0.39 is 28.1 Å². The molecule has 0 atom stereocenters. The van der Waals surface area contributed by atoms with Gasteiger partial charge < -0.3 is 4.74 Å². The second kappa shape index (κ2) is 8.24. The topological polar surface area (TPSA) is 89.5 Å².